The van der Waals surface area contributed by atoms with Gasteiger partial charge in [0.2, 0.25) is 0 Å². The van der Waals surface area contributed by atoms with E-state index < -0.39 is 0 Å². The van der Waals surface area contributed by atoms with Crippen molar-refractivity contribution < 1.29 is 14.1 Å². The predicted molar refractivity (Wildman–Crippen MR) is 82.8 cm³/mol. The molecule has 0 bridgehead atoms. The van der Waals surface area contributed by atoms with Gasteiger partial charge in [0.15, 0.2) is 0 Å². The normalized spacial score (nSPS) is 11.8. The van der Waals surface area contributed by atoms with Gasteiger partial charge >= 0.3 is 6.03 Å². The number of amides is 2. The molecule has 0 aliphatic carbocycles. The number of urea groups is 1. The van der Waals surface area contributed by atoms with E-state index in [4.69, 9.17) is 9.26 Å². The molecule has 1 aromatic carbocycles. The number of para-hydroxylation sites is 1. The fraction of sp³-hybridized carbons (Fsp3) is 0.375. The number of hydrogen-bond donors (Lipinski definition) is 2. The molecule has 1 atom stereocenters. The smallest absolute Gasteiger partial charge is 0.315 e. The molecule has 0 spiro atoms. The molecule has 0 saturated carbocycles. The van der Waals surface area contributed by atoms with E-state index in [1.54, 1.807) is 13.2 Å². The molecule has 6 nitrogen and oxygen atoms in total. The highest BCUT2D eigenvalue weighted by atomic mass is 16.5. The second-order valence-electron chi connectivity index (χ2n) is 5.17. The molecule has 1 aromatic heterocycles. The van der Waals surface area contributed by atoms with Gasteiger partial charge in [-0.15, -0.1) is 0 Å². The van der Waals surface area contributed by atoms with Crippen molar-refractivity contribution in [3.63, 3.8) is 0 Å². The lowest BCUT2D eigenvalue weighted by Gasteiger charge is -2.16. The first kappa shape index (κ1) is 15.9. The molecule has 0 saturated heterocycles. The molecule has 1 heterocycles. The molecule has 2 amide bonds. The molecule has 2 N–H and O–H groups in total. The molecule has 118 valence electrons. The summed E-state index contributed by atoms with van der Waals surface area (Å²) in [5, 5.41) is 9.47. The Labute approximate surface area is 129 Å². The van der Waals surface area contributed by atoms with Crippen molar-refractivity contribution in [1.82, 2.24) is 15.8 Å². The average molecular weight is 303 g/mol. The largest absolute Gasteiger partial charge is 0.496 e. The van der Waals surface area contributed by atoms with Crippen LogP contribution in [0.2, 0.25) is 0 Å². The molecular weight excluding hydrogens is 282 g/mol. The van der Waals surface area contributed by atoms with Gasteiger partial charge in [0, 0.05) is 12.1 Å². The third kappa shape index (κ3) is 4.51. The Morgan fingerprint density at radius 2 is 2.18 bits per heavy atom. The number of carbonyl (C=O) groups excluding carboxylic acids is 1. The summed E-state index contributed by atoms with van der Waals surface area (Å²) in [6, 6.07) is 9.32. The van der Waals surface area contributed by atoms with E-state index in [1.165, 1.54) is 0 Å². The van der Waals surface area contributed by atoms with Crippen molar-refractivity contribution in [3.05, 3.63) is 47.3 Å². The summed E-state index contributed by atoms with van der Waals surface area (Å²) in [7, 11) is 1.64. The van der Waals surface area contributed by atoms with Gasteiger partial charge < -0.3 is 19.9 Å². The number of nitrogens with one attached hydrogen (secondary N) is 2. The Hall–Kier alpha value is -2.50. The first-order valence-corrected chi connectivity index (χ1v) is 7.17. The number of nitrogens with zero attached hydrogens (tertiary/aromatic N) is 1. The zero-order valence-electron chi connectivity index (χ0n) is 13.1. The molecule has 0 fully saturated rings. The highest BCUT2D eigenvalue weighted by Gasteiger charge is 2.11. The number of rotatable bonds is 6. The lowest BCUT2D eigenvalue weighted by atomic mass is 10.1. The fourth-order valence-corrected chi connectivity index (χ4v) is 2.20. The average Bonchev–Trinajstić information content (AvgIpc) is 2.91. The summed E-state index contributed by atoms with van der Waals surface area (Å²) in [4.78, 5) is 11.9. The van der Waals surface area contributed by atoms with E-state index in [9.17, 15) is 4.79 Å². The minimum Gasteiger partial charge on any atom is -0.496 e. The Balaban J connectivity index is 1.81. The van der Waals surface area contributed by atoms with Gasteiger partial charge in [-0.2, -0.15) is 0 Å². The Morgan fingerprint density at radius 3 is 2.86 bits per heavy atom. The van der Waals surface area contributed by atoms with Crippen LogP contribution in [0.5, 0.6) is 5.75 Å². The van der Waals surface area contributed by atoms with Crippen molar-refractivity contribution in [2.45, 2.75) is 32.9 Å². The SMILES string of the molecule is COc1ccccc1C[C@H](C)NC(=O)NCc1cc(C)on1. The topological polar surface area (TPSA) is 76.4 Å². The minimum absolute atomic E-state index is 0.0182. The maximum Gasteiger partial charge on any atom is 0.315 e. The molecule has 6 heteroatoms. The molecular formula is C16H21N3O3. The number of hydrogen-bond acceptors (Lipinski definition) is 4. The molecule has 22 heavy (non-hydrogen) atoms. The Morgan fingerprint density at radius 1 is 1.41 bits per heavy atom. The first-order valence-electron chi connectivity index (χ1n) is 7.17. The van der Waals surface area contributed by atoms with Crippen molar-refractivity contribution in [2.24, 2.45) is 0 Å². The summed E-state index contributed by atoms with van der Waals surface area (Å²) in [5.74, 6) is 1.55. The maximum atomic E-state index is 11.9. The minimum atomic E-state index is -0.233. The number of benzene rings is 1. The van der Waals surface area contributed by atoms with Crippen molar-refractivity contribution in [1.29, 1.82) is 0 Å². The van der Waals surface area contributed by atoms with Crippen LogP contribution < -0.4 is 15.4 Å². The van der Waals surface area contributed by atoms with Gasteiger partial charge in [-0.25, -0.2) is 4.79 Å². The highest BCUT2D eigenvalue weighted by molar-refractivity contribution is 5.74. The highest BCUT2D eigenvalue weighted by Crippen LogP contribution is 2.18. The van der Waals surface area contributed by atoms with Crippen molar-refractivity contribution in [2.75, 3.05) is 7.11 Å². The van der Waals surface area contributed by atoms with E-state index in [1.807, 2.05) is 38.1 Å². The summed E-state index contributed by atoms with van der Waals surface area (Å²) in [6.45, 7) is 4.10. The Bertz CT molecular complexity index is 625. The second kappa shape index (κ2) is 7.49. The molecule has 0 radical (unpaired) electrons. The third-order valence-corrected chi connectivity index (χ3v) is 3.20. The van der Waals surface area contributed by atoms with E-state index in [2.05, 4.69) is 15.8 Å². The molecule has 0 aliphatic heterocycles. The summed E-state index contributed by atoms with van der Waals surface area (Å²) in [6.07, 6.45) is 0.695. The monoisotopic (exact) mass is 303 g/mol. The summed E-state index contributed by atoms with van der Waals surface area (Å²) >= 11 is 0. The van der Waals surface area contributed by atoms with Crippen LogP contribution >= 0.6 is 0 Å². The van der Waals surface area contributed by atoms with Gasteiger partial charge in [0.1, 0.15) is 17.2 Å². The van der Waals surface area contributed by atoms with Crippen LogP contribution in [0.3, 0.4) is 0 Å². The van der Waals surface area contributed by atoms with Crippen molar-refractivity contribution >= 4 is 6.03 Å². The third-order valence-electron chi connectivity index (χ3n) is 3.20. The first-order chi connectivity index (χ1) is 10.6. The van der Waals surface area contributed by atoms with Crippen LogP contribution in [-0.4, -0.2) is 24.3 Å². The molecule has 0 unspecified atom stereocenters. The maximum absolute atomic E-state index is 11.9. The van der Waals surface area contributed by atoms with Crippen LogP contribution in [0.4, 0.5) is 4.79 Å². The number of methoxy groups -OCH3 is 1. The fourth-order valence-electron chi connectivity index (χ4n) is 2.20. The lowest BCUT2D eigenvalue weighted by Crippen LogP contribution is -2.41. The standard InChI is InChI=1S/C16H21N3O3/c1-11(8-13-6-4-5-7-15(13)21-3)18-16(20)17-10-14-9-12(2)22-19-14/h4-7,9,11H,8,10H2,1-3H3,(H2,17,18,20)/t11-/m0/s1. The van der Waals surface area contributed by atoms with Crippen LogP contribution in [0.25, 0.3) is 0 Å². The quantitative estimate of drug-likeness (QED) is 0.859. The number of aryl methyl sites for hydroxylation is 1. The zero-order valence-corrected chi connectivity index (χ0v) is 13.1. The van der Waals surface area contributed by atoms with Gasteiger partial charge in [-0.05, 0) is 31.9 Å². The van der Waals surface area contributed by atoms with Crippen LogP contribution in [-0.2, 0) is 13.0 Å². The molecule has 0 aliphatic rings. The molecule has 2 aromatic rings. The van der Waals surface area contributed by atoms with Gasteiger partial charge in [-0.1, -0.05) is 23.4 Å². The van der Waals surface area contributed by atoms with E-state index >= 15 is 0 Å². The Kier molecular flexibility index (Phi) is 5.41. The van der Waals surface area contributed by atoms with Crippen LogP contribution in [0.1, 0.15) is 23.9 Å². The summed E-state index contributed by atoms with van der Waals surface area (Å²) in [5.41, 5.74) is 1.76. The predicted octanol–water partition coefficient (Wildman–Crippen LogP) is 2.42. The summed E-state index contributed by atoms with van der Waals surface area (Å²) < 4.78 is 10.3. The van der Waals surface area contributed by atoms with Crippen LogP contribution in [0, 0.1) is 6.92 Å². The number of aromatic nitrogens is 1. The van der Waals surface area contributed by atoms with E-state index in [0.29, 0.717) is 18.7 Å². The van der Waals surface area contributed by atoms with Gasteiger partial charge in [-0.3, -0.25) is 0 Å². The van der Waals surface area contributed by atoms with Crippen LogP contribution in [0.15, 0.2) is 34.9 Å². The van der Waals surface area contributed by atoms with Crippen molar-refractivity contribution in [3.8, 4) is 5.75 Å². The second-order valence-corrected chi connectivity index (χ2v) is 5.17. The van der Waals surface area contributed by atoms with E-state index in [-0.39, 0.29) is 12.1 Å². The number of carbonyl (C=O) groups is 1. The molecule has 2 rings (SSSR count). The number of ether oxygens (including phenoxy) is 1. The van der Waals surface area contributed by atoms with E-state index in [0.717, 1.165) is 17.1 Å². The lowest BCUT2D eigenvalue weighted by molar-refractivity contribution is 0.237. The zero-order chi connectivity index (χ0) is 15.9. The van der Waals surface area contributed by atoms with Gasteiger partial charge in [0.25, 0.3) is 0 Å². The van der Waals surface area contributed by atoms with Gasteiger partial charge in [0.05, 0.1) is 13.7 Å².